The lowest BCUT2D eigenvalue weighted by Gasteiger charge is -2.11. The van der Waals surface area contributed by atoms with Gasteiger partial charge in [0.1, 0.15) is 11.6 Å². The van der Waals surface area contributed by atoms with Crippen LogP contribution in [0.25, 0.3) is 11.0 Å². The van der Waals surface area contributed by atoms with Gasteiger partial charge in [-0.2, -0.15) is 0 Å². The third-order valence-corrected chi connectivity index (χ3v) is 5.40. The molecule has 4 aromatic rings. The van der Waals surface area contributed by atoms with Gasteiger partial charge in [-0.25, -0.2) is 4.98 Å². The number of nitrogens with zero attached hydrogens (tertiary/aromatic N) is 2. The Morgan fingerprint density at radius 2 is 1.55 bits per heavy atom. The Balaban J connectivity index is 1.38. The molecule has 0 N–H and O–H groups in total. The van der Waals surface area contributed by atoms with E-state index >= 15 is 0 Å². The number of fused-ring (bicyclic) bond motifs is 1. The number of ether oxygens (including phenoxy) is 1. The van der Waals surface area contributed by atoms with Crippen LogP contribution in [-0.4, -0.2) is 16.2 Å². The number of para-hydroxylation sites is 3. The maximum atomic E-state index is 6.15. The van der Waals surface area contributed by atoms with Crippen molar-refractivity contribution in [3.63, 3.8) is 0 Å². The molecule has 0 aliphatic carbocycles. The molecule has 0 atom stereocenters. The van der Waals surface area contributed by atoms with Crippen LogP contribution >= 0.6 is 11.6 Å². The molecule has 0 radical (unpaired) electrons. The highest BCUT2D eigenvalue weighted by molar-refractivity contribution is 6.32. The fraction of sp³-hybridized carbons (Fsp3) is 0.240. The first-order valence-electron chi connectivity index (χ1n) is 10.2. The number of rotatable bonds is 9. The average Bonchev–Trinajstić information content (AvgIpc) is 3.11. The minimum atomic E-state index is 0.662. The lowest BCUT2D eigenvalue weighted by atomic mass is 10.1. The van der Waals surface area contributed by atoms with Crippen LogP contribution < -0.4 is 4.74 Å². The van der Waals surface area contributed by atoms with Gasteiger partial charge in [-0.1, -0.05) is 66.2 Å². The van der Waals surface area contributed by atoms with Crippen LogP contribution in [0.2, 0.25) is 5.02 Å². The van der Waals surface area contributed by atoms with Gasteiger partial charge in [-0.3, -0.25) is 0 Å². The molecule has 0 amide bonds. The molecular weight excluding hydrogens is 380 g/mol. The number of aromatic nitrogens is 2. The molecule has 0 aliphatic rings. The van der Waals surface area contributed by atoms with E-state index in [2.05, 4.69) is 59.2 Å². The summed E-state index contributed by atoms with van der Waals surface area (Å²) in [7, 11) is 0. The standard InChI is InChI=1S/C25H25ClN2O/c26-21-12-4-7-15-24(21)29-19-9-8-18-28-23-14-6-5-13-22(23)27-25(28)17-16-20-10-2-1-3-11-20/h1-7,10-15H,8-9,16-19H2. The highest BCUT2D eigenvalue weighted by Gasteiger charge is 2.10. The van der Waals surface area contributed by atoms with E-state index in [1.165, 1.54) is 11.1 Å². The lowest BCUT2D eigenvalue weighted by Crippen LogP contribution is -2.07. The zero-order valence-electron chi connectivity index (χ0n) is 16.4. The van der Waals surface area contributed by atoms with Gasteiger partial charge in [0, 0.05) is 13.0 Å². The topological polar surface area (TPSA) is 27.1 Å². The third kappa shape index (κ3) is 4.99. The second-order valence-corrected chi connectivity index (χ2v) is 7.55. The number of benzene rings is 3. The van der Waals surface area contributed by atoms with Gasteiger partial charge in [-0.05, 0) is 49.1 Å². The molecular formula is C25H25ClN2O. The van der Waals surface area contributed by atoms with Crippen LogP contribution in [0.3, 0.4) is 0 Å². The van der Waals surface area contributed by atoms with Gasteiger partial charge in [0.15, 0.2) is 0 Å². The molecule has 3 aromatic carbocycles. The molecule has 1 heterocycles. The third-order valence-electron chi connectivity index (χ3n) is 5.08. The quantitative estimate of drug-likeness (QED) is 0.304. The summed E-state index contributed by atoms with van der Waals surface area (Å²) in [6.45, 7) is 1.60. The second-order valence-electron chi connectivity index (χ2n) is 7.14. The molecule has 0 spiro atoms. The normalized spacial score (nSPS) is 11.1. The molecule has 29 heavy (non-hydrogen) atoms. The molecule has 4 rings (SSSR count). The van der Waals surface area contributed by atoms with Crippen LogP contribution in [0.15, 0.2) is 78.9 Å². The zero-order chi connectivity index (χ0) is 19.9. The van der Waals surface area contributed by atoms with Crippen LogP contribution in [0.5, 0.6) is 5.75 Å². The fourth-order valence-corrected chi connectivity index (χ4v) is 3.77. The fourth-order valence-electron chi connectivity index (χ4n) is 3.58. The predicted molar refractivity (Wildman–Crippen MR) is 120 cm³/mol. The first-order valence-corrected chi connectivity index (χ1v) is 10.5. The zero-order valence-corrected chi connectivity index (χ0v) is 17.2. The largest absolute Gasteiger partial charge is 0.492 e. The first-order chi connectivity index (χ1) is 14.3. The lowest BCUT2D eigenvalue weighted by molar-refractivity contribution is 0.303. The molecule has 148 valence electrons. The van der Waals surface area contributed by atoms with Gasteiger partial charge in [-0.15, -0.1) is 0 Å². The molecule has 0 aliphatic heterocycles. The number of hydrogen-bond donors (Lipinski definition) is 0. The SMILES string of the molecule is Clc1ccccc1OCCCCn1c(CCc2ccccc2)nc2ccccc21. The first kappa shape index (κ1) is 19.5. The number of imidazole rings is 1. The van der Waals surface area contributed by atoms with E-state index in [1.807, 2.05) is 24.3 Å². The highest BCUT2D eigenvalue weighted by atomic mass is 35.5. The second kappa shape index (κ2) is 9.62. The molecule has 0 bridgehead atoms. The summed E-state index contributed by atoms with van der Waals surface area (Å²) in [5.74, 6) is 1.91. The van der Waals surface area contributed by atoms with Gasteiger partial charge >= 0.3 is 0 Å². The summed E-state index contributed by atoms with van der Waals surface area (Å²) >= 11 is 6.15. The van der Waals surface area contributed by atoms with Crippen molar-refractivity contribution in [2.24, 2.45) is 0 Å². The summed E-state index contributed by atoms with van der Waals surface area (Å²) < 4.78 is 8.19. The van der Waals surface area contributed by atoms with Crippen LogP contribution in [0.1, 0.15) is 24.2 Å². The minimum Gasteiger partial charge on any atom is -0.492 e. The van der Waals surface area contributed by atoms with Gasteiger partial charge < -0.3 is 9.30 Å². The van der Waals surface area contributed by atoms with E-state index < -0.39 is 0 Å². The van der Waals surface area contributed by atoms with Crippen molar-refractivity contribution in [3.8, 4) is 5.75 Å². The predicted octanol–water partition coefficient (Wildman–Crippen LogP) is 6.33. The van der Waals surface area contributed by atoms with Crippen LogP contribution in [0, 0.1) is 0 Å². The smallest absolute Gasteiger partial charge is 0.137 e. The van der Waals surface area contributed by atoms with Crippen molar-refractivity contribution in [1.82, 2.24) is 9.55 Å². The Morgan fingerprint density at radius 3 is 2.41 bits per heavy atom. The van der Waals surface area contributed by atoms with E-state index in [1.54, 1.807) is 0 Å². The van der Waals surface area contributed by atoms with Crippen molar-refractivity contribution in [3.05, 3.63) is 95.3 Å². The molecule has 3 nitrogen and oxygen atoms in total. The van der Waals surface area contributed by atoms with E-state index in [9.17, 15) is 0 Å². The molecule has 0 unspecified atom stereocenters. The Labute approximate surface area is 176 Å². The van der Waals surface area contributed by atoms with E-state index in [-0.39, 0.29) is 0 Å². The molecule has 0 saturated carbocycles. The van der Waals surface area contributed by atoms with Crippen LogP contribution in [0.4, 0.5) is 0 Å². The van der Waals surface area contributed by atoms with E-state index in [0.717, 1.165) is 49.3 Å². The van der Waals surface area contributed by atoms with Gasteiger partial charge in [0.25, 0.3) is 0 Å². The molecule has 0 saturated heterocycles. The Hall–Kier alpha value is -2.78. The maximum absolute atomic E-state index is 6.15. The van der Waals surface area contributed by atoms with Crippen molar-refractivity contribution < 1.29 is 4.74 Å². The van der Waals surface area contributed by atoms with E-state index in [4.69, 9.17) is 21.3 Å². The van der Waals surface area contributed by atoms with Gasteiger partial charge in [0.05, 0.1) is 22.7 Å². The van der Waals surface area contributed by atoms with Crippen molar-refractivity contribution in [2.45, 2.75) is 32.2 Å². The number of unbranched alkanes of at least 4 members (excludes halogenated alkanes) is 1. The summed E-state index contributed by atoms with van der Waals surface area (Å²) in [6.07, 6.45) is 3.94. The molecule has 4 heteroatoms. The average molecular weight is 405 g/mol. The Bertz CT molecular complexity index is 1060. The number of aryl methyl sites for hydroxylation is 3. The number of hydrogen-bond acceptors (Lipinski definition) is 2. The highest BCUT2D eigenvalue weighted by Crippen LogP contribution is 2.23. The monoisotopic (exact) mass is 404 g/mol. The summed E-state index contributed by atoms with van der Waals surface area (Å²) in [5.41, 5.74) is 3.63. The summed E-state index contributed by atoms with van der Waals surface area (Å²) in [5, 5.41) is 0.663. The minimum absolute atomic E-state index is 0.662. The Kier molecular flexibility index (Phi) is 6.48. The molecule has 1 aromatic heterocycles. The van der Waals surface area contributed by atoms with Crippen LogP contribution in [-0.2, 0) is 19.4 Å². The van der Waals surface area contributed by atoms with Gasteiger partial charge in [0.2, 0.25) is 0 Å². The summed E-state index contributed by atoms with van der Waals surface area (Å²) in [4.78, 5) is 4.90. The van der Waals surface area contributed by atoms with E-state index in [0.29, 0.717) is 11.6 Å². The molecule has 0 fully saturated rings. The Morgan fingerprint density at radius 1 is 0.793 bits per heavy atom. The van der Waals surface area contributed by atoms with Crippen molar-refractivity contribution >= 4 is 22.6 Å². The van der Waals surface area contributed by atoms with Crippen molar-refractivity contribution in [1.29, 1.82) is 0 Å². The number of halogens is 1. The summed E-state index contributed by atoms with van der Waals surface area (Å²) in [6, 6.07) is 26.6. The van der Waals surface area contributed by atoms with Crippen molar-refractivity contribution in [2.75, 3.05) is 6.61 Å². The maximum Gasteiger partial charge on any atom is 0.137 e.